The lowest BCUT2D eigenvalue weighted by molar-refractivity contribution is -0.142. The van der Waals surface area contributed by atoms with Gasteiger partial charge in [-0.3, -0.25) is 9.59 Å². The van der Waals surface area contributed by atoms with E-state index >= 15 is 0 Å². The lowest BCUT2D eigenvalue weighted by Gasteiger charge is -2.20. The summed E-state index contributed by atoms with van der Waals surface area (Å²) in [5.41, 5.74) is 4.85. The van der Waals surface area contributed by atoms with Crippen LogP contribution in [0.1, 0.15) is 20.8 Å². The second-order valence-electron chi connectivity index (χ2n) is 3.65. The highest BCUT2D eigenvalue weighted by molar-refractivity contribution is 5.86. The molecule has 92 valence electrons. The van der Waals surface area contributed by atoms with Gasteiger partial charge >= 0.3 is 12.0 Å². The third kappa shape index (κ3) is 4.63. The lowest BCUT2D eigenvalue weighted by atomic mass is 10.0. The number of nitrogens with two attached hydrogens (primary N) is 1. The van der Waals surface area contributed by atoms with Crippen molar-refractivity contribution >= 4 is 17.9 Å². The van der Waals surface area contributed by atoms with Crippen molar-refractivity contribution in [1.82, 2.24) is 10.6 Å². The van der Waals surface area contributed by atoms with Gasteiger partial charge in [0.05, 0.1) is 5.92 Å². The fraction of sp³-hybridized carbons (Fsp3) is 0.667. The first-order chi connectivity index (χ1) is 7.25. The van der Waals surface area contributed by atoms with Crippen LogP contribution in [0, 0.1) is 5.92 Å². The largest absolute Gasteiger partial charge is 0.481 e. The van der Waals surface area contributed by atoms with Crippen molar-refractivity contribution < 1.29 is 19.5 Å². The van der Waals surface area contributed by atoms with Crippen LogP contribution in [0.15, 0.2) is 0 Å². The van der Waals surface area contributed by atoms with Gasteiger partial charge in [-0.05, 0) is 20.8 Å². The third-order valence-corrected chi connectivity index (χ3v) is 2.26. The van der Waals surface area contributed by atoms with Crippen molar-refractivity contribution in [2.75, 3.05) is 0 Å². The maximum Gasteiger partial charge on any atom is 0.312 e. The molecule has 0 radical (unpaired) electrons. The van der Waals surface area contributed by atoms with Gasteiger partial charge in [0.25, 0.3) is 0 Å². The minimum atomic E-state index is -0.997. The molecule has 0 rings (SSSR count). The number of hydrogen-bond acceptors (Lipinski definition) is 3. The standard InChI is InChI=1S/C9H17N3O4/c1-4(8(14)15)5(2)11-7(13)6(3)12-9(10)16/h4-6H,1-3H3,(H,11,13)(H,14,15)(H3,10,12,16). The minimum Gasteiger partial charge on any atom is -0.481 e. The molecule has 3 amide bonds. The van der Waals surface area contributed by atoms with Gasteiger partial charge in [-0.15, -0.1) is 0 Å². The molecule has 0 aliphatic heterocycles. The van der Waals surface area contributed by atoms with Crippen LogP contribution in [-0.2, 0) is 9.59 Å². The third-order valence-electron chi connectivity index (χ3n) is 2.26. The second kappa shape index (κ2) is 5.94. The number of urea groups is 1. The summed E-state index contributed by atoms with van der Waals surface area (Å²) < 4.78 is 0. The first-order valence-corrected chi connectivity index (χ1v) is 4.84. The van der Waals surface area contributed by atoms with Gasteiger partial charge in [0.1, 0.15) is 6.04 Å². The molecule has 0 spiro atoms. The number of carbonyl (C=O) groups is 3. The van der Waals surface area contributed by atoms with Gasteiger partial charge in [0, 0.05) is 6.04 Å². The summed E-state index contributed by atoms with van der Waals surface area (Å²) >= 11 is 0. The van der Waals surface area contributed by atoms with Crippen LogP contribution in [-0.4, -0.2) is 35.1 Å². The number of carbonyl (C=O) groups excluding carboxylic acids is 2. The quantitative estimate of drug-likeness (QED) is 0.498. The maximum absolute atomic E-state index is 11.4. The molecule has 0 bridgehead atoms. The predicted molar refractivity (Wildman–Crippen MR) is 56.6 cm³/mol. The average Bonchev–Trinajstić information content (AvgIpc) is 2.14. The molecule has 0 fully saturated rings. The number of hydrogen-bond donors (Lipinski definition) is 4. The Morgan fingerprint density at radius 2 is 1.62 bits per heavy atom. The van der Waals surface area contributed by atoms with Crippen molar-refractivity contribution in [2.45, 2.75) is 32.9 Å². The van der Waals surface area contributed by atoms with Crippen molar-refractivity contribution in [3.05, 3.63) is 0 Å². The zero-order valence-electron chi connectivity index (χ0n) is 9.48. The van der Waals surface area contributed by atoms with Crippen molar-refractivity contribution in [3.63, 3.8) is 0 Å². The summed E-state index contributed by atoms with van der Waals surface area (Å²) in [4.78, 5) is 32.5. The maximum atomic E-state index is 11.4. The molecule has 3 atom stereocenters. The van der Waals surface area contributed by atoms with E-state index in [2.05, 4.69) is 10.6 Å². The van der Waals surface area contributed by atoms with Crippen molar-refractivity contribution in [2.24, 2.45) is 11.7 Å². The number of primary amides is 1. The van der Waals surface area contributed by atoms with Crippen LogP contribution in [0.5, 0.6) is 0 Å². The molecule has 0 heterocycles. The molecule has 0 aliphatic rings. The Morgan fingerprint density at radius 1 is 1.12 bits per heavy atom. The van der Waals surface area contributed by atoms with E-state index in [1.165, 1.54) is 13.8 Å². The number of nitrogens with one attached hydrogen (secondary N) is 2. The Hall–Kier alpha value is -1.79. The van der Waals surface area contributed by atoms with E-state index in [0.29, 0.717) is 0 Å². The summed E-state index contributed by atoms with van der Waals surface area (Å²) in [6.07, 6.45) is 0. The number of carboxylic acid groups (broad SMARTS) is 1. The van der Waals surface area contributed by atoms with E-state index in [1.54, 1.807) is 6.92 Å². The smallest absolute Gasteiger partial charge is 0.312 e. The van der Waals surface area contributed by atoms with Crippen LogP contribution in [0.3, 0.4) is 0 Å². The monoisotopic (exact) mass is 231 g/mol. The van der Waals surface area contributed by atoms with Gasteiger partial charge in [0.15, 0.2) is 0 Å². The number of aliphatic carboxylic acids is 1. The van der Waals surface area contributed by atoms with Crippen LogP contribution < -0.4 is 16.4 Å². The van der Waals surface area contributed by atoms with Gasteiger partial charge < -0.3 is 21.5 Å². The topological polar surface area (TPSA) is 122 Å². The van der Waals surface area contributed by atoms with Crippen LogP contribution in [0.25, 0.3) is 0 Å². The zero-order chi connectivity index (χ0) is 12.9. The number of carboxylic acids is 1. The molecular weight excluding hydrogens is 214 g/mol. The Balaban J connectivity index is 4.23. The summed E-state index contributed by atoms with van der Waals surface area (Å²) in [6.45, 7) is 4.52. The summed E-state index contributed by atoms with van der Waals surface area (Å²) in [7, 11) is 0. The number of amides is 3. The molecule has 5 N–H and O–H groups in total. The first kappa shape index (κ1) is 14.2. The molecule has 7 heteroatoms. The lowest BCUT2D eigenvalue weighted by Crippen LogP contribution is -2.50. The SMILES string of the molecule is CC(NC(N)=O)C(=O)NC(C)C(C)C(=O)O. The zero-order valence-corrected chi connectivity index (χ0v) is 9.48. The number of rotatable bonds is 5. The van der Waals surface area contributed by atoms with Gasteiger partial charge in [-0.1, -0.05) is 0 Å². The highest BCUT2D eigenvalue weighted by Crippen LogP contribution is 2.02. The van der Waals surface area contributed by atoms with Crippen molar-refractivity contribution in [1.29, 1.82) is 0 Å². The Bertz CT molecular complexity index is 292. The normalized spacial score (nSPS) is 15.7. The molecule has 3 unspecified atom stereocenters. The van der Waals surface area contributed by atoms with E-state index < -0.39 is 35.9 Å². The summed E-state index contributed by atoms with van der Waals surface area (Å²) in [6, 6.07) is -2.12. The molecule has 0 saturated heterocycles. The van der Waals surface area contributed by atoms with E-state index in [-0.39, 0.29) is 0 Å². The van der Waals surface area contributed by atoms with Gasteiger partial charge in [-0.25, -0.2) is 4.79 Å². The van der Waals surface area contributed by atoms with Crippen LogP contribution in [0.2, 0.25) is 0 Å². The summed E-state index contributed by atoms with van der Waals surface area (Å²) in [5.74, 6) is -2.17. The van der Waals surface area contributed by atoms with Gasteiger partial charge in [-0.2, -0.15) is 0 Å². The van der Waals surface area contributed by atoms with E-state index in [1.807, 2.05) is 0 Å². The fourth-order valence-corrected chi connectivity index (χ4v) is 0.967. The van der Waals surface area contributed by atoms with E-state index in [0.717, 1.165) is 0 Å². The predicted octanol–water partition coefficient (Wildman–Crippen LogP) is -0.731. The van der Waals surface area contributed by atoms with Crippen LogP contribution in [0.4, 0.5) is 4.79 Å². The van der Waals surface area contributed by atoms with E-state index in [4.69, 9.17) is 10.8 Å². The molecule has 0 aliphatic carbocycles. The fourth-order valence-electron chi connectivity index (χ4n) is 0.967. The van der Waals surface area contributed by atoms with Gasteiger partial charge in [0.2, 0.25) is 5.91 Å². The molecule has 16 heavy (non-hydrogen) atoms. The van der Waals surface area contributed by atoms with Crippen molar-refractivity contribution in [3.8, 4) is 0 Å². The Labute approximate surface area is 93.4 Å². The molecule has 7 nitrogen and oxygen atoms in total. The van der Waals surface area contributed by atoms with Crippen LogP contribution >= 0.6 is 0 Å². The average molecular weight is 231 g/mol. The minimum absolute atomic E-state index is 0.473. The molecule has 0 aromatic carbocycles. The molecule has 0 saturated carbocycles. The summed E-state index contributed by atoms with van der Waals surface area (Å²) in [5, 5.41) is 13.4. The highest BCUT2D eigenvalue weighted by Gasteiger charge is 2.23. The Morgan fingerprint density at radius 3 is 2.00 bits per heavy atom. The highest BCUT2D eigenvalue weighted by atomic mass is 16.4. The molecule has 0 aromatic rings. The Kier molecular flexibility index (Phi) is 5.27. The molecular formula is C9H17N3O4. The molecule has 0 aromatic heterocycles. The second-order valence-corrected chi connectivity index (χ2v) is 3.65. The first-order valence-electron chi connectivity index (χ1n) is 4.84. The van der Waals surface area contributed by atoms with E-state index in [9.17, 15) is 14.4 Å².